The summed E-state index contributed by atoms with van der Waals surface area (Å²) in [4.78, 5) is 39.1. The Bertz CT molecular complexity index is 1260. The smallest absolute Gasteiger partial charge is 0.355 e. The quantitative estimate of drug-likeness (QED) is 0.548. The largest absolute Gasteiger partial charge is 0.444 e. The third-order valence-corrected chi connectivity index (χ3v) is 10.7. The molecule has 0 unspecified atom stereocenters. The van der Waals surface area contributed by atoms with Crippen LogP contribution in [0.25, 0.3) is 0 Å². The average molecular weight is 552 g/mol. The van der Waals surface area contributed by atoms with Gasteiger partial charge in [0.05, 0.1) is 6.10 Å². The number of ether oxygens (including phenoxy) is 1. The molecule has 5 rings (SSSR count). The van der Waals surface area contributed by atoms with Crippen molar-refractivity contribution in [2.45, 2.75) is 63.6 Å². The highest BCUT2D eigenvalue weighted by molar-refractivity contribution is 8.13. The zero-order chi connectivity index (χ0) is 27.8. The van der Waals surface area contributed by atoms with Gasteiger partial charge in [-0.15, -0.1) is 0 Å². The number of aromatic nitrogens is 1. The Morgan fingerprint density at radius 1 is 1.26 bits per heavy atom. The SMILES string of the molecule is C[C@@H]1C[C@H]2[C@@H]3C[C@H](F)C4=CC(=O)C=C[C@]4(C)[C@@]3(F)[C@@H](O)C[C@]2(C)[C@@]1(OC(=O)c1cccn1C)C(=O)SCF. The normalized spacial score (nSPS) is 43.6. The molecule has 4 aliphatic rings. The number of aliphatic hydroxyl groups is 1. The number of alkyl halides is 3. The molecule has 1 aromatic heterocycles. The van der Waals surface area contributed by atoms with Crippen molar-refractivity contribution in [1.29, 1.82) is 0 Å². The number of ketones is 1. The maximum absolute atomic E-state index is 17.4. The second-order valence-electron chi connectivity index (χ2n) is 11.7. The van der Waals surface area contributed by atoms with E-state index in [4.69, 9.17) is 4.74 Å². The second-order valence-corrected chi connectivity index (χ2v) is 12.5. The number of aliphatic hydroxyl groups excluding tert-OH is 1. The number of nitrogens with zero attached hydrogens (tertiary/aromatic N) is 1. The van der Waals surface area contributed by atoms with Crippen LogP contribution in [-0.4, -0.2) is 56.1 Å². The Labute approximate surface area is 223 Å². The standard InChI is InChI=1S/C28H32F3NO5S/c1-15-10-17-18-12-20(30)19-11-16(33)7-8-25(19,2)27(18,31)22(34)13-26(17,3)28(15,24(36)38-14-29)37-23(35)21-6-5-9-32(21)4/h5-9,11,15,17-18,20,22,34H,10,12-14H2,1-4H3/t15-,17+,18+,20+,22+,25+,26+,27+,28+/m1/s1. The molecule has 38 heavy (non-hydrogen) atoms. The lowest BCUT2D eigenvalue weighted by Crippen LogP contribution is -2.70. The Kier molecular flexibility index (Phi) is 6.34. The van der Waals surface area contributed by atoms with Gasteiger partial charge in [-0.3, -0.25) is 9.59 Å². The highest BCUT2D eigenvalue weighted by atomic mass is 32.2. The number of thioether (sulfide) groups is 1. The van der Waals surface area contributed by atoms with Crippen molar-refractivity contribution < 1.29 is 37.4 Å². The highest BCUT2D eigenvalue weighted by Crippen LogP contribution is 2.72. The van der Waals surface area contributed by atoms with E-state index in [-0.39, 0.29) is 30.5 Å². The van der Waals surface area contributed by atoms with E-state index in [2.05, 4.69) is 0 Å². The molecule has 0 amide bonds. The first-order valence-electron chi connectivity index (χ1n) is 12.8. The van der Waals surface area contributed by atoms with E-state index in [1.807, 2.05) is 0 Å². The van der Waals surface area contributed by atoms with Crippen LogP contribution < -0.4 is 0 Å². The summed E-state index contributed by atoms with van der Waals surface area (Å²) in [6.07, 6.45) is 1.65. The lowest BCUT2D eigenvalue weighted by molar-refractivity contribution is -0.221. The summed E-state index contributed by atoms with van der Waals surface area (Å²) in [6.45, 7) is 4.87. The number of fused-ring (bicyclic) bond motifs is 5. The molecule has 1 aromatic rings. The van der Waals surface area contributed by atoms with Crippen molar-refractivity contribution in [1.82, 2.24) is 4.57 Å². The van der Waals surface area contributed by atoms with Crippen LogP contribution >= 0.6 is 11.8 Å². The Morgan fingerprint density at radius 2 is 1.97 bits per heavy atom. The fraction of sp³-hybridized carbons (Fsp3) is 0.607. The van der Waals surface area contributed by atoms with Gasteiger partial charge in [-0.2, -0.15) is 0 Å². The van der Waals surface area contributed by atoms with Gasteiger partial charge in [-0.25, -0.2) is 18.0 Å². The number of esters is 1. The molecule has 0 aliphatic heterocycles. The molecule has 3 fully saturated rings. The minimum atomic E-state index is -2.34. The molecular formula is C28H32F3NO5S. The first-order valence-corrected chi connectivity index (χ1v) is 13.8. The van der Waals surface area contributed by atoms with E-state index in [9.17, 15) is 23.9 Å². The molecule has 0 saturated heterocycles. The summed E-state index contributed by atoms with van der Waals surface area (Å²) in [5.41, 5.74) is -6.91. The van der Waals surface area contributed by atoms with Gasteiger partial charge in [0.15, 0.2) is 17.1 Å². The minimum Gasteiger partial charge on any atom is -0.444 e. The van der Waals surface area contributed by atoms with Crippen LogP contribution in [0.1, 0.15) is 50.5 Å². The number of halogens is 3. The number of hydrogen-bond acceptors (Lipinski definition) is 6. The van der Waals surface area contributed by atoms with Crippen LogP contribution in [0.3, 0.4) is 0 Å². The number of rotatable bonds is 4. The van der Waals surface area contributed by atoms with Gasteiger partial charge in [0, 0.05) is 35.9 Å². The van der Waals surface area contributed by atoms with Crippen LogP contribution in [0.5, 0.6) is 0 Å². The van der Waals surface area contributed by atoms with Crippen molar-refractivity contribution in [3.8, 4) is 0 Å². The van der Waals surface area contributed by atoms with Crippen molar-refractivity contribution in [2.24, 2.45) is 35.6 Å². The molecule has 0 radical (unpaired) electrons. The van der Waals surface area contributed by atoms with E-state index in [0.29, 0.717) is 11.8 Å². The average Bonchev–Trinajstić information content (AvgIpc) is 3.37. The van der Waals surface area contributed by atoms with E-state index in [1.165, 1.54) is 29.7 Å². The highest BCUT2D eigenvalue weighted by Gasteiger charge is 2.78. The van der Waals surface area contributed by atoms with Gasteiger partial charge < -0.3 is 14.4 Å². The van der Waals surface area contributed by atoms with Gasteiger partial charge in [0.1, 0.15) is 17.9 Å². The molecule has 0 aromatic carbocycles. The van der Waals surface area contributed by atoms with Crippen molar-refractivity contribution >= 4 is 28.6 Å². The summed E-state index contributed by atoms with van der Waals surface area (Å²) in [5.74, 6) is -3.60. The van der Waals surface area contributed by atoms with Gasteiger partial charge in [-0.1, -0.05) is 19.9 Å². The second kappa shape index (κ2) is 8.84. The van der Waals surface area contributed by atoms with Crippen molar-refractivity contribution in [3.63, 3.8) is 0 Å². The number of carbonyl (C=O) groups is 3. The lowest BCUT2D eigenvalue weighted by atomic mass is 9.44. The molecular weight excluding hydrogens is 519 g/mol. The third-order valence-electron chi connectivity index (χ3n) is 10.1. The molecule has 6 nitrogen and oxygen atoms in total. The molecule has 9 atom stereocenters. The number of aryl methyl sites for hydroxylation is 1. The predicted octanol–water partition coefficient (Wildman–Crippen LogP) is 4.67. The zero-order valence-electron chi connectivity index (χ0n) is 21.7. The number of allylic oxidation sites excluding steroid dienone is 4. The monoisotopic (exact) mass is 551 g/mol. The molecule has 206 valence electrons. The van der Waals surface area contributed by atoms with Gasteiger partial charge in [-0.05, 0) is 73.7 Å². The third kappa shape index (κ3) is 3.28. The van der Waals surface area contributed by atoms with Crippen LogP contribution in [0.2, 0.25) is 0 Å². The maximum Gasteiger partial charge on any atom is 0.355 e. The van der Waals surface area contributed by atoms with Crippen LogP contribution in [0.15, 0.2) is 42.1 Å². The summed E-state index contributed by atoms with van der Waals surface area (Å²) in [5, 5.41) is 10.8. The summed E-state index contributed by atoms with van der Waals surface area (Å²) < 4.78 is 54.2. The van der Waals surface area contributed by atoms with Crippen LogP contribution in [-0.2, 0) is 21.4 Å². The van der Waals surface area contributed by atoms with Crippen molar-refractivity contribution in [2.75, 3.05) is 6.01 Å². The van der Waals surface area contributed by atoms with Gasteiger partial charge in [0.2, 0.25) is 5.12 Å². The Hall–Kier alpha value is -2.33. The first-order chi connectivity index (χ1) is 17.8. The summed E-state index contributed by atoms with van der Waals surface area (Å²) in [7, 11) is 1.64. The molecule has 3 saturated carbocycles. The molecule has 4 aliphatic carbocycles. The molecule has 0 bridgehead atoms. The van der Waals surface area contributed by atoms with Gasteiger partial charge in [0.25, 0.3) is 0 Å². The molecule has 10 heteroatoms. The molecule has 0 spiro atoms. The predicted molar refractivity (Wildman–Crippen MR) is 135 cm³/mol. The topological polar surface area (TPSA) is 85.6 Å². The fourth-order valence-electron chi connectivity index (χ4n) is 8.25. The van der Waals surface area contributed by atoms with E-state index >= 15 is 8.78 Å². The van der Waals surface area contributed by atoms with Crippen LogP contribution in [0.4, 0.5) is 13.2 Å². The lowest BCUT2D eigenvalue weighted by Gasteiger charge is -2.63. The number of hydrogen-bond donors (Lipinski definition) is 1. The van der Waals surface area contributed by atoms with Gasteiger partial charge >= 0.3 is 5.97 Å². The van der Waals surface area contributed by atoms with Crippen molar-refractivity contribution in [3.05, 3.63) is 47.8 Å². The molecule has 1 N–H and O–H groups in total. The number of carbonyl (C=O) groups excluding carboxylic acids is 3. The Balaban J connectivity index is 1.64. The minimum absolute atomic E-state index is 0.00269. The van der Waals surface area contributed by atoms with Crippen LogP contribution in [0, 0.1) is 28.6 Å². The first kappa shape index (κ1) is 27.2. The molecule has 1 heterocycles. The Morgan fingerprint density at radius 3 is 2.61 bits per heavy atom. The maximum atomic E-state index is 17.4. The van der Waals surface area contributed by atoms with E-state index in [0.717, 1.165) is 6.08 Å². The van der Waals surface area contributed by atoms with E-state index in [1.54, 1.807) is 33.2 Å². The summed E-state index contributed by atoms with van der Waals surface area (Å²) >= 11 is 0.380. The zero-order valence-corrected chi connectivity index (χ0v) is 22.6. The van der Waals surface area contributed by atoms with E-state index < -0.39 is 75.0 Å². The fourth-order valence-corrected chi connectivity index (χ4v) is 9.04. The summed E-state index contributed by atoms with van der Waals surface area (Å²) in [6, 6.07) is 2.13.